The highest BCUT2D eigenvalue weighted by molar-refractivity contribution is 6.23. The molecule has 3 heterocycles. The normalized spacial score (nSPS) is 23.7. The molecule has 0 radical (unpaired) electrons. The van der Waals surface area contributed by atoms with Crippen molar-refractivity contribution < 1.29 is 19.2 Å². The largest absolute Gasteiger partial charge is 0.315 e. The molecule has 2 unspecified atom stereocenters. The second-order valence-electron chi connectivity index (χ2n) is 7.85. The first-order chi connectivity index (χ1) is 14.5. The zero-order valence-corrected chi connectivity index (χ0v) is 16.5. The Morgan fingerprint density at radius 2 is 1.93 bits per heavy atom. The topological polar surface area (TPSA) is 123 Å². The first kappa shape index (κ1) is 20.2. The lowest BCUT2D eigenvalue weighted by atomic mass is 10.0. The quantitative estimate of drug-likeness (QED) is 0.642. The number of carbonyl (C=O) groups excluding carboxylic acids is 4. The molecule has 4 rings (SSSR count). The Hall–Kier alpha value is -3.09. The Morgan fingerprint density at radius 3 is 2.63 bits per heavy atom. The summed E-state index contributed by atoms with van der Waals surface area (Å²) in [6.07, 6.45) is 1.65. The minimum Gasteiger partial charge on any atom is -0.315 e. The molecule has 4 amide bonds. The number of nitriles is 1. The van der Waals surface area contributed by atoms with Crippen LogP contribution in [0.15, 0.2) is 18.2 Å². The predicted octanol–water partition coefficient (Wildman–Crippen LogP) is 0.165. The van der Waals surface area contributed by atoms with E-state index in [2.05, 4.69) is 21.6 Å². The van der Waals surface area contributed by atoms with Crippen molar-refractivity contribution in [2.24, 2.45) is 0 Å². The number of carbonyl (C=O) groups is 4. The van der Waals surface area contributed by atoms with Crippen LogP contribution >= 0.6 is 0 Å². The number of piperidine rings is 1. The summed E-state index contributed by atoms with van der Waals surface area (Å²) in [5.74, 6) is -2.01. The molecule has 2 saturated heterocycles. The maximum atomic E-state index is 13.0. The van der Waals surface area contributed by atoms with Crippen LogP contribution in [0, 0.1) is 11.3 Å². The molecule has 1 aromatic carbocycles. The monoisotopic (exact) mass is 409 g/mol. The fourth-order valence-corrected chi connectivity index (χ4v) is 4.39. The molecule has 9 heteroatoms. The van der Waals surface area contributed by atoms with E-state index in [-0.39, 0.29) is 24.0 Å². The van der Waals surface area contributed by atoms with Crippen LogP contribution in [0.5, 0.6) is 0 Å². The minimum atomic E-state index is -0.963. The van der Waals surface area contributed by atoms with E-state index in [1.165, 1.54) is 0 Å². The van der Waals surface area contributed by atoms with E-state index in [4.69, 9.17) is 5.26 Å². The molecule has 2 fully saturated rings. The van der Waals surface area contributed by atoms with Gasteiger partial charge < -0.3 is 5.32 Å². The van der Waals surface area contributed by atoms with Crippen molar-refractivity contribution in [2.45, 2.75) is 44.3 Å². The van der Waals surface area contributed by atoms with Crippen molar-refractivity contribution >= 4 is 23.6 Å². The zero-order chi connectivity index (χ0) is 21.3. The van der Waals surface area contributed by atoms with E-state index in [0.717, 1.165) is 30.0 Å². The number of benzene rings is 1. The number of amides is 4. The lowest BCUT2D eigenvalue weighted by Crippen LogP contribution is -2.54. The summed E-state index contributed by atoms with van der Waals surface area (Å²) in [4.78, 5) is 52.6. The smallest absolute Gasteiger partial charge is 0.262 e. The van der Waals surface area contributed by atoms with Gasteiger partial charge in [0.25, 0.3) is 11.8 Å². The fraction of sp³-hybridized carbons (Fsp3) is 0.476. The molecule has 0 aromatic heterocycles. The average Bonchev–Trinajstić information content (AvgIpc) is 3.34. The zero-order valence-electron chi connectivity index (χ0n) is 16.5. The first-order valence-electron chi connectivity index (χ1n) is 10.2. The van der Waals surface area contributed by atoms with Crippen LogP contribution in [0.4, 0.5) is 0 Å². The molecule has 9 nitrogen and oxygen atoms in total. The van der Waals surface area contributed by atoms with Gasteiger partial charge in [0.15, 0.2) is 0 Å². The lowest BCUT2D eigenvalue weighted by Gasteiger charge is -2.28. The number of rotatable bonds is 6. The first-order valence-corrected chi connectivity index (χ1v) is 10.2. The van der Waals surface area contributed by atoms with E-state index in [1.54, 1.807) is 12.1 Å². The summed E-state index contributed by atoms with van der Waals surface area (Å²) >= 11 is 0. The molecule has 3 aliphatic rings. The lowest BCUT2D eigenvalue weighted by molar-refractivity contribution is -0.136. The molecular weight excluding hydrogens is 386 g/mol. The maximum Gasteiger partial charge on any atom is 0.262 e. The molecule has 0 aliphatic carbocycles. The Balaban J connectivity index is 1.54. The van der Waals surface area contributed by atoms with Crippen molar-refractivity contribution in [1.29, 1.82) is 5.26 Å². The van der Waals surface area contributed by atoms with Gasteiger partial charge >= 0.3 is 0 Å². The van der Waals surface area contributed by atoms with Gasteiger partial charge in [0.1, 0.15) is 6.04 Å². The number of imide groups is 2. The molecule has 2 atom stereocenters. The van der Waals surface area contributed by atoms with Crippen LogP contribution in [-0.4, -0.2) is 65.1 Å². The highest BCUT2D eigenvalue weighted by Gasteiger charge is 2.44. The number of nitrogens with zero attached hydrogens (tertiary/aromatic N) is 3. The predicted molar refractivity (Wildman–Crippen MR) is 105 cm³/mol. The summed E-state index contributed by atoms with van der Waals surface area (Å²) in [5.41, 5.74) is 1.44. The number of nitrogens with one attached hydrogen (secondary N) is 2. The number of hydrogen-bond acceptors (Lipinski definition) is 7. The van der Waals surface area contributed by atoms with E-state index in [0.29, 0.717) is 25.6 Å². The van der Waals surface area contributed by atoms with Gasteiger partial charge in [-0.15, -0.1) is 0 Å². The van der Waals surface area contributed by atoms with Crippen LogP contribution in [-0.2, 0) is 16.1 Å². The number of fused-ring (bicyclic) bond motifs is 1. The molecule has 1 aromatic rings. The van der Waals surface area contributed by atoms with Gasteiger partial charge in [0.05, 0.1) is 17.2 Å². The molecule has 30 heavy (non-hydrogen) atoms. The van der Waals surface area contributed by atoms with Gasteiger partial charge in [-0.25, -0.2) is 0 Å². The molecular formula is C21H23N5O4. The third kappa shape index (κ3) is 3.72. The molecule has 156 valence electrons. The second-order valence-corrected chi connectivity index (χ2v) is 7.85. The van der Waals surface area contributed by atoms with Gasteiger partial charge in [-0.3, -0.25) is 34.3 Å². The van der Waals surface area contributed by atoms with Gasteiger partial charge in [0.2, 0.25) is 11.8 Å². The van der Waals surface area contributed by atoms with Crippen LogP contribution < -0.4 is 10.6 Å². The Bertz CT molecular complexity index is 947. The fourth-order valence-electron chi connectivity index (χ4n) is 4.39. The van der Waals surface area contributed by atoms with E-state index < -0.39 is 29.7 Å². The van der Waals surface area contributed by atoms with Crippen molar-refractivity contribution in [3.05, 3.63) is 34.9 Å². The third-order valence-corrected chi connectivity index (χ3v) is 5.95. The van der Waals surface area contributed by atoms with Crippen molar-refractivity contribution in [3.8, 4) is 6.07 Å². The van der Waals surface area contributed by atoms with Crippen molar-refractivity contribution in [2.75, 3.05) is 19.6 Å². The summed E-state index contributed by atoms with van der Waals surface area (Å²) in [6, 6.07) is 6.70. The molecule has 0 bridgehead atoms. The highest BCUT2D eigenvalue weighted by atomic mass is 16.2. The molecule has 2 N–H and O–H groups in total. The Labute approximate surface area is 174 Å². The van der Waals surface area contributed by atoms with Crippen LogP contribution in [0.3, 0.4) is 0 Å². The van der Waals surface area contributed by atoms with Gasteiger partial charge in [-0.1, -0.05) is 6.07 Å². The van der Waals surface area contributed by atoms with E-state index >= 15 is 0 Å². The highest BCUT2D eigenvalue weighted by Crippen LogP contribution is 2.29. The third-order valence-electron chi connectivity index (χ3n) is 5.95. The van der Waals surface area contributed by atoms with Crippen LogP contribution in [0.2, 0.25) is 0 Å². The second kappa shape index (κ2) is 8.34. The number of hydrogen-bond donors (Lipinski definition) is 2. The van der Waals surface area contributed by atoms with Crippen LogP contribution in [0.1, 0.15) is 52.0 Å². The molecule has 0 spiro atoms. The summed E-state index contributed by atoms with van der Waals surface area (Å²) in [6.45, 7) is 3.00. The summed E-state index contributed by atoms with van der Waals surface area (Å²) in [5, 5.41) is 14.5. The van der Waals surface area contributed by atoms with Crippen molar-refractivity contribution in [3.63, 3.8) is 0 Å². The van der Waals surface area contributed by atoms with E-state index in [9.17, 15) is 19.2 Å². The Morgan fingerprint density at radius 1 is 1.13 bits per heavy atom. The standard InChI is InChI=1S/C21H23N5O4/c22-7-1-9-25(14-6-8-23-11-14)12-13-2-3-15-16(10-13)21(30)26(20(15)29)17-4-5-18(27)24-19(17)28/h2-3,10,14,17,23H,1,4-6,8-9,11-12H2,(H,24,27,28). The van der Waals surface area contributed by atoms with Crippen LogP contribution in [0.25, 0.3) is 0 Å². The molecule has 3 aliphatic heterocycles. The minimum absolute atomic E-state index is 0.0956. The Kier molecular flexibility index (Phi) is 5.61. The van der Waals surface area contributed by atoms with Crippen molar-refractivity contribution in [1.82, 2.24) is 20.4 Å². The SMILES string of the molecule is N#CCCN(Cc1ccc2c(c1)C(=O)N(C1CCC(=O)NC1=O)C2=O)C1CCNC1. The van der Waals surface area contributed by atoms with Gasteiger partial charge in [-0.05, 0) is 37.1 Å². The maximum absolute atomic E-state index is 13.0. The van der Waals surface area contributed by atoms with Gasteiger partial charge in [-0.2, -0.15) is 5.26 Å². The average molecular weight is 409 g/mol. The molecule has 0 saturated carbocycles. The summed E-state index contributed by atoms with van der Waals surface area (Å²) in [7, 11) is 0. The van der Waals surface area contributed by atoms with Gasteiger partial charge in [0, 0.05) is 38.5 Å². The van der Waals surface area contributed by atoms with E-state index in [1.807, 2.05) is 6.07 Å². The summed E-state index contributed by atoms with van der Waals surface area (Å²) < 4.78 is 0.